The van der Waals surface area contributed by atoms with Crippen LogP contribution in [0.3, 0.4) is 0 Å². The molecule has 3 saturated heterocycles. The minimum atomic E-state index is -1.65. The maximum absolute atomic E-state index is 14.3. The number of imide groups is 2. The average molecular weight is 983 g/mol. The van der Waals surface area contributed by atoms with Crippen molar-refractivity contribution in [2.75, 3.05) is 37.8 Å². The molecule has 0 spiro atoms. The van der Waals surface area contributed by atoms with Gasteiger partial charge in [-0.05, 0) is 64.2 Å². The van der Waals surface area contributed by atoms with Gasteiger partial charge >= 0.3 is 12.1 Å². The number of ether oxygens (including phenoxy) is 3. The Bertz CT molecular complexity index is 2270. The first-order valence-corrected chi connectivity index (χ1v) is 24.7. The molecular formula is C49H64ClN5O12S. The Hall–Kier alpha value is -5.04. The van der Waals surface area contributed by atoms with Gasteiger partial charge in [-0.2, -0.15) is 0 Å². The molecule has 9 unspecified atom stereocenters. The SMILES string of the molecule is C/C1=C\C=C\C(C)C2(O)CC(OC(=O)N2)C(C)C2OC2(C)C(OC(=O)C(C)N(C)C(=O)CCSC2CC(=O)N(CCCCCCN3C(=O)C=CC3=O)C2=O)CC(=O)N(C)c2cc(cc(C)c2Cl)C1. The molecule has 0 saturated carbocycles. The van der Waals surface area contributed by atoms with Crippen LogP contribution < -0.4 is 10.2 Å². The number of nitrogens with one attached hydrogen (secondary N) is 1. The number of anilines is 1. The maximum atomic E-state index is 14.3. The van der Waals surface area contributed by atoms with E-state index in [-0.39, 0.29) is 61.6 Å². The van der Waals surface area contributed by atoms with Crippen LogP contribution in [0.15, 0.2) is 48.1 Å². The summed E-state index contributed by atoms with van der Waals surface area (Å²) in [5, 5.41) is 14.1. The minimum absolute atomic E-state index is 0.0177. The second kappa shape index (κ2) is 21.7. The van der Waals surface area contributed by atoms with E-state index in [2.05, 4.69) is 5.32 Å². The van der Waals surface area contributed by atoms with Crippen molar-refractivity contribution >= 4 is 76.6 Å². The molecule has 0 aliphatic carbocycles. The van der Waals surface area contributed by atoms with Crippen molar-refractivity contribution in [2.45, 2.75) is 140 Å². The fourth-order valence-electron chi connectivity index (χ4n) is 9.19. The number of alkyl carbamates (subject to hydrolysis) is 1. The Morgan fingerprint density at radius 3 is 2.34 bits per heavy atom. The molecule has 0 radical (unpaired) electrons. The molecule has 4 bridgehead atoms. The monoisotopic (exact) mass is 981 g/mol. The Balaban J connectivity index is 1.09. The third kappa shape index (κ3) is 11.9. The molecule has 370 valence electrons. The van der Waals surface area contributed by atoms with Gasteiger partial charge in [-0.15, -0.1) is 11.8 Å². The molecule has 5 aliphatic heterocycles. The molecule has 19 heteroatoms. The Kier molecular flexibility index (Phi) is 16.7. The summed E-state index contributed by atoms with van der Waals surface area (Å²) < 4.78 is 18.2. The van der Waals surface area contributed by atoms with Crippen LogP contribution in [0.4, 0.5) is 10.5 Å². The number of thioether (sulfide) groups is 1. The molecule has 68 heavy (non-hydrogen) atoms. The molecule has 5 heterocycles. The molecule has 0 aromatic heterocycles. The van der Waals surface area contributed by atoms with Crippen LogP contribution in [0.2, 0.25) is 5.02 Å². The predicted molar refractivity (Wildman–Crippen MR) is 254 cm³/mol. The highest BCUT2D eigenvalue weighted by Crippen LogP contribution is 2.49. The first-order valence-electron chi connectivity index (χ1n) is 23.3. The van der Waals surface area contributed by atoms with Gasteiger partial charge in [-0.3, -0.25) is 43.9 Å². The van der Waals surface area contributed by atoms with Crippen LogP contribution in [0.25, 0.3) is 0 Å². The smallest absolute Gasteiger partial charge is 0.409 e. The molecule has 1 aromatic carbocycles. The lowest BCUT2D eigenvalue weighted by Crippen LogP contribution is -2.60. The summed E-state index contributed by atoms with van der Waals surface area (Å²) in [5.41, 5.74) is 0.234. The number of unbranched alkanes of at least 4 members (excludes halogenated alkanes) is 3. The average Bonchev–Trinajstić information content (AvgIpc) is 3.78. The van der Waals surface area contributed by atoms with Crippen molar-refractivity contribution in [3.63, 3.8) is 0 Å². The van der Waals surface area contributed by atoms with Crippen LogP contribution in [-0.4, -0.2) is 141 Å². The Morgan fingerprint density at radius 1 is 1.00 bits per heavy atom. The summed E-state index contributed by atoms with van der Waals surface area (Å²) in [7, 11) is 3.06. The zero-order valence-electron chi connectivity index (χ0n) is 40.1. The third-order valence-corrected chi connectivity index (χ3v) is 15.6. The number of halogens is 1. The van der Waals surface area contributed by atoms with Crippen molar-refractivity contribution in [1.82, 2.24) is 20.0 Å². The highest BCUT2D eigenvalue weighted by molar-refractivity contribution is 8.00. The fourth-order valence-corrected chi connectivity index (χ4v) is 10.5. The molecule has 7 amide bonds. The van der Waals surface area contributed by atoms with Gasteiger partial charge in [0, 0.05) is 76.2 Å². The van der Waals surface area contributed by atoms with Crippen LogP contribution >= 0.6 is 23.4 Å². The van der Waals surface area contributed by atoms with Crippen molar-refractivity contribution < 1.29 is 57.7 Å². The number of aryl methyl sites for hydroxylation is 1. The van der Waals surface area contributed by atoms with Crippen molar-refractivity contribution in [1.29, 1.82) is 0 Å². The summed E-state index contributed by atoms with van der Waals surface area (Å²) in [5.74, 6) is -3.69. The van der Waals surface area contributed by atoms with E-state index in [1.165, 1.54) is 57.5 Å². The molecular weight excluding hydrogens is 918 g/mol. The van der Waals surface area contributed by atoms with Gasteiger partial charge < -0.3 is 29.1 Å². The van der Waals surface area contributed by atoms with E-state index in [9.17, 15) is 43.5 Å². The number of epoxide rings is 1. The zero-order valence-corrected chi connectivity index (χ0v) is 41.7. The molecule has 1 aromatic rings. The molecule has 5 aliphatic rings. The van der Waals surface area contributed by atoms with E-state index in [1.54, 1.807) is 20.9 Å². The summed E-state index contributed by atoms with van der Waals surface area (Å²) in [6.45, 7) is 11.2. The van der Waals surface area contributed by atoms with Crippen molar-refractivity contribution in [2.24, 2.45) is 11.8 Å². The highest BCUT2D eigenvalue weighted by atomic mass is 35.5. The van der Waals surface area contributed by atoms with Gasteiger partial charge in [0.2, 0.25) is 23.6 Å². The number of allylic oxidation sites excluding steroid dienone is 3. The van der Waals surface area contributed by atoms with E-state index in [0.29, 0.717) is 42.9 Å². The van der Waals surface area contributed by atoms with Gasteiger partial charge in [0.15, 0.2) is 0 Å². The van der Waals surface area contributed by atoms with Gasteiger partial charge in [-0.25, -0.2) is 9.59 Å². The number of amides is 7. The van der Waals surface area contributed by atoms with Crippen LogP contribution in [0.1, 0.15) is 97.1 Å². The largest absolute Gasteiger partial charge is 0.457 e. The maximum Gasteiger partial charge on any atom is 0.409 e. The Labute approximate surface area is 406 Å². The number of hydrogen-bond acceptors (Lipinski definition) is 13. The first kappa shape index (κ1) is 52.3. The van der Waals surface area contributed by atoms with E-state index in [1.807, 2.05) is 51.1 Å². The number of rotatable bonds is 14. The van der Waals surface area contributed by atoms with Crippen molar-refractivity contribution in [3.8, 4) is 0 Å². The lowest BCUT2D eigenvalue weighted by molar-refractivity contribution is -0.162. The standard InChI is InChI=1S/C49H64ClN5O12S/c1-28-14-13-15-30(3)49(64)27-35(65-47(63)51-49)31(4)44-48(6,67-44)37(26-41(59)53(8)34-24-33(22-28)23-29(2)43(34)50)66-46(62)32(5)52(7)38(56)18-21-68-36-25-42(60)55(45(36)61)20-12-10-9-11-19-54-39(57)16-17-40(54)58/h13-17,23-24,30-32,35-37,44,64H,9-12,18-22,25-27H2,1-8H3,(H,51,63)/b15-13+,28-14+. The van der Waals surface area contributed by atoms with E-state index in [4.69, 9.17) is 25.8 Å². The number of esters is 1. The van der Waals surface area contributed by atoms with Gasteiger partial charge in [-0.1, -0.05) is 68.2 Å². The Morgan fingerprint density at radius 2 is 1.66 bits per heavy atom. The van der Waals surface area contributed by atoms with Crippen molar-refractivity contribution in [3.05, 3.63) is 64.2 Å². The van der Waals surface area contributed by atoms with Gasteiger partial charge in [0.1, 0.15) is 29.6 Å². The quantitative estimate of drug-likeness (QED) is 0.107. The topological polar surface area (TPSA) is 213 Å². The lowest BCUT2D eigenvalue weighted by Gasteiger charge is -2.41. The van der Waals surface area contributed by atoms with Crippen LogP contribution in [-0.2, 0) is 54.2 Å². The van der Waals surface area contributed by atoms with E-state index >= 15 is 0 Å². The molecule has 6 rings (SSSR count). The highest BCUT2D eigenvalue weighted by Gasteiger charge is 2.64. The molecule has 3 fully saturated rings. The number of fused-ring (bicyclic) bond motifs is 5. The number of nitrogens with zero attached hydrogens (tertiary/aromatic N) is 4. The summed E-state index contributed by atoms with van der Waals surface area (Å²) in [4.78, 5) is 109. The third-order valence-electron chi connectivity index (χ3n) is 13.9. The fraction of sp³-hybridized carbons (Fsp3) is 0.592. The summed E-state index contributed by atoms with van der Waals surface area (Å²) in [6, 6.07) is 2.69. The molecule has 9 atom stereocenters. The second-order valence-electron chi connectivity index (χ2n) is 18.9. The second-order valence-corrected chi connectivity index (χ2v) is 20.6. The zero-order chi connectivity index (χ0) is 49.8. The minimum Gasteiger partial charge on any atom is -0.457 e. The van der Waals surface area contributed by atoms with E-state index in [0.717, 1.165) is 23.1 Å². The van der Waals surface area contributed by atoms with Gasteiger partial charge in [0.25, 0.3) is 11.8 Å². The summed E-state index contributed by atoms with van der Waals surface area (Å²) >= 11 is 8.02. The molecule has 2 N–H and O–H groups in total. The van der Waals surface area contributed by atoms with Gasteiger partial charge in [0.05, 0.1) is 28.5 Å². The number of aliphatic hydroxyl groups is 1. The normalized spacial score (nSPS) is 30.4. The number of hydrogen-bond donors (Lipinski definition) is 2. The lowest BCUT2D eigenvalue weighted by atomic mass is 9.82. The number of benzene rings is 1. The number of likely N-dealkylation sites (N-methyl/N-ethyl adjacent to an activating group) is 1. The number of carbonyl (C=O) groups excluding carboxylic acids is 8. The van der Waals surface area contributed by atoms with Crippen LogP contribution in [0, 0.1) is 18.8 Å². The first-order chi connectivity index (χ1) is 32.0. The molecule has 17 nitrogen and oxygen atoms in total. The summed E-state index contributed by atoms with van der Waals surface area (Å²) in [6.07, 6.45) is 7.47. The predicted octanol–water partition coefficient (Wildman–Crippen LogP) is 5.17. The number of carbonyl (C=O) groups is 8. The van der Waals surface area contributed by atoms with Crippen LogP contribution in [0.5, 0.6) is 0 Å². The van der Waals surface area contributed by atoms with E-state index < -0.39 is 76.6 Å². The number of likely N-dealkylation sites (tertiary alicyclic amines) is 1.